The zero-order chi connectivity index (χ0) is 69.1. The highest BCUT2D eigenvalue weighted by molar-refractivity contribution is 5.76. The van der Waals surface area contributed by atoms with Gasteiger partial charge in [-0.1, -0.05) is 442 Å². The van der Waals surface area contributed by atoms with E-state index < -0.39 is 12.1 Å². The molecule has 568 valence electrons. The second-order valence-electron chi connectivity index (χ2n) is 30.6. The number of unbranched alkanes of at least 4 members (excludes halogenated alkanes) is 69. The van der Waals surface area contributed by atoms with E-state index >= 15 is 0 Å². The van der Waals surface area contributed by atoms with Crippen LogP contribution in [0, 0.1) is 0 Å². The van der Waals surface area contributed by atoms with Crippen LogP contribution in [-0.2, 0) is 14.3 Å². The molecule has 0 aliphatic rings. The van der Waals surface area contributed by atoms with Gasteiger partial charge in [-0.2, -0.15) is 0 Å². The number of carbonyl (C=O) groups is 2. The van der Waals surface area contributed by atoms with Gasteiger partial charge in [-0.05, 0) is 83.5 Å². The van der Waals surface area contributed by atoms with Gasteiger partial charge in [0.25, 0.3) is 0 Å². The Morgan fingerprint density at radius 1 is 0.281 bits per heavy atom. The summed E-state index contributed by atoms with van der Waals surface area (Å²) in [6.45, 7) is 4.96. The van der Waals surface area contributed by atoms with Crippen molar-refractivity contribution in [2.45, 2.75) is 514 Å². The summed E-state index contributed by atoms with van der Waals surface area (Å²) in [6, 6.07) is -0.626. The summed E-state index contributed by atoms with van der Waals surface area (Å²) in [4.78, 5) is 24.7. The Hall–Kier alpha value is -1.92. The lowest BCUT2D eigenvalue weighted by atomic mass is 10.0. The van der Waals surface area contributed by atoms with Crippen molar-refractivity contribution in [1.82, 2.24) is 5.32 Å². The van der Waals surface area contributed by atoms with E-state index in [9.17, 15) is 19.8 Å². The van der Waals surface area contributed by atoms with E-state index in [2.05, 4.69) is 43.5 Å². The Morgan fingerprint density at radius 2 is 0.490 bits per heavy atom. The van der Waals surface area contributed by atoms with Gasteiger partial charge in [-0.3, -0.25) is 9.59 Å². The van der Waals surface area contributed by atoms with Crippen molar-refractivity contribution in [3.63, 3.8) is 0 Å². The summed E-state index contributed by atoms with van der Waals surface area (Å²) in [5, 5.41) is 23.3. The third-order valence-corrected chi connectivity index (χ3v) is 20.9. The standard InChI is InChI=1S/C90H173NO5/c1-3-5-7-9-11-13-15-17-19-21-23-43-47-50-54-58-62-66-70-74-78-82-88(93)87(86-92)91-89(94)83-79-75-71-67-63-59-55-51-48-44-41-39-37-35-33-31-29-27-25-24-26-28-30-32-34-36-38-40-42-45-49-53-57-61-65-69-73-77-81-85-96-90(95)84-80-76-72-68-64-60-56-52-46-22-20-18-16-14-12-10-8-6-4-2/h18,20,24-25,78,82,87-88,92-93H,3-17,19,21-23,26-77,79-81,83-86H2,1-2H3,(H,91,94)/b20-18-,25-24-,82-78+. The number of aliphatic hydroxyl groups excluding tert-OH is 2. The molecule has 0 saturated heterocycles. The maximum atomic E-state index is 12.6. The van der Waals surface area contributed by atoms with Crippen LogP contribution in [0.5, 0.6) is 0 Å². The average Bonchev–Trinajstić information content (AvgIpc) is 3.22. The molecular formula is C90H173NO5. The minimum Gasteiger partial charge on any atom is -0.466 e. The van der Waals surface area contributed by atoms with Gasteiger partial charge in [0.15, 0.2) is 0 Å². The molecule has 0 aliphatic carbocycles. The molecule has 0 heterocycles. The van der Waals surface area contributed by atoms with Crippen molar-refractivity contribution >= 4 is 11.9 Å². The van der Waals surface area contributed by atoms with Crippen LogP contribution >= 0.6 is 0 Å². The molecule has 1 amide bonds. The van der Waals surface area contributed by atoms with E-state index in [0.717, 1.165) is 38.5 Å². The van der Waals surface area contributed by atoms with Gasteiger partial charge in [0, 0.05) is 12.8 Å². The number of rotatable bonds is 84. The van der Waals surface area contributed by atoms with Crippen molar-refractivity contribution in [1.29, 1.82) is 0 Å². The maximum Gasteiger partial charge on any atom is 0.305 e. The molecular weight excluding hydrogens is 1170 g/mol. The minimum absolute atomic E-state index is 0.0229. The average molecular weight is 1350 g/mol. The Bertz CT molecular complexity index is 1560. The van der Waals surface area contributed by atoms with Gasteiger partial charge < -0.3 is 20.3 Å². The molecule has 6 nitrogen and oxygen atoms in total. The van der Waals surface area contributed by atoms with E-state index in [0.29, 0.717) is 19.4 Å². The fraction of sp³-hybridized carbons (Fsp3) is 0.911. The number of aliphatic hydroxyl groups is 2. The molecule has 3 N–H and O–H groups in total. The van der Waals surface area contributed by atoms with E-state index in [-0.39, 0.29) is 18.5 Å². The van der Waals surface area contributed by atoms with Crippen molar-refractivity contribution in [2.24, 2.45) is 0 Å². The highest BCUT2D eigenvalue weighted by Gasteiger charge is 2.18. The van der Waals surface area contributed by atoms with Gasteiger partial charge in [0.1, 0.15) is 0 Å². The first-order valence-corrected chi connectivity index (χ1v) is 44.3. The van der Waals surface area contributed by atoms with E-state index in [1.54, 1.807) is 6.08 Å². The molecule has 0 rings (SSSR count). The lowest BCUT2D eigenvalue weighted by Crippen LogP contribution is -2.45. The third-order valence-electron chi connectivity index (χ3n) is 20.9. The fourth-order valence-corrected chi connectivity index (χ4v) is 14.2. The molecule has 0 aromatic carbocycles. The molecule has 0 bridgehead atoms. The van der Waals surface area contributed by atoms with Crippen LogP contribution in [0.2, 0.25) is 0 Å². The zero-order valence-electron chi connectivity index (χ0n) is 65.4. The Labute approximate surface area is 602 Å². The Balaban J connectivity index is 3.33. The molecule has 0 aromatic rings. The summed E-state index contributed by atoms with van der Waals surface area (Å²) >= 11 is 0. The normalized spacial score (nSPS) is 12.6. The second kappa shape index (κ2) is 85.5. The number of nitrogens with one attached hydrogen (secondary N) is 1. The van der Waals surface area contributed by atoms with Gasteiger partial charge in [0.05, 0.1) is 25.4 Å². The van der Waals surface area contributed by atoms with Gasteiger partial charge in [-0.15, -0.1) is 0 Å². The summed E-state index contributed by atoms with van der Waals surface area (Å²) in [6.07, 6.45) is 113. The predicted molar refractivity (Wildman–Crippen MR) is 426 cm³/mol. The molecule has 2 atom stereocenters. The van der Waals surface area contributed by atoms with Crippen molar-refractivity contribution in [3.05, 3.63) is 36.5 Å². The summed E-state index contributed by atoms with van der Waals surface area (Å²) in [7, 11) is 0. The van der Waals surface area contributed by atoms with Gasteiger partial charge >= 0.3 is 5.97 Å². The number of hydrogen-bond donors (Lipinski definition) is 3. The first-order chi connectivity index (χ1) is 47.5. The third kappa shape index (κ3) is 81.0. The lowest BCUT2D eigenvalue weighted by Gasteiger charge is -2.20. The summed E-state index contributed by atoms with van der Waals surface area (Å²) in [5.74, 6) is -0.0357. The SMILES string of the molecule is CCCCCCCC/C=C\CCCCCCCCCCCC(=O)OCCCCCCCCCCCCCCCCCCCC/C=C\CCCCCCCCCCCCCCCCCCCC(=O)NC(CO)C(O)/C=C/CCCCCCCCCCCCCCCCCCCCC. The molecule has 2 unspecified atom stereocenters. The van der Waals surface area contributed by atoms with Gasteiger partial charge in [-0.25, -0.2) is 0 Å². The molecule has 0 aliphatic heterocycles. The zero-order valence-corrected chi connectivity index (χ0v) is 65.4. The quantitative estimate of drug-likeness (QED) is 0.0320. The Morgan fingerprint density at radius 3 is 0.740 bits per heavy atom. The largest absolute Gasteiger partial charge is 0.466 e. The van der Waals surface area contributed by atoms with Crippen molar-refractivity contribution in [2.75, 3.05) is 13.2 Å². The van der Waals surface area contributed by atoms with Gasteiger partial charge in [0.2, 0.25) is 5.91 Å². The van der Waals surface area contributed by atoms with E-state index in [1.165, 1.54) is 437 Å². The van der Waals surface area contributed by atoms with Crippen LogP contribution < -0.4 is 5.32 Å². The maximum absolute atomic E-state index is 12.6. The van der Waals surface area contributed by atoms with E-state index in [1.807, 2.05) is 6.08 Å². The highest BCUT2D eigenvalue weighted by Crippen LogP contribution is 2.21. The molecule has 0 spiro atoms. The second-order valence-corrected chi connectivity index (χ2v) is 30.6. The number of esters is 1. The summed E-state index contributed by atoms with van der Waals surface area (Å²) in [5.41, 5.74) is 0. The van der Waals surface area contributed by atoms with Crippen LogP contribution in [0.25, 0.3) is 0 Å². The lowest BCUT2D eigenvalue weighted by molar-refractivity contribution is -0.143. The summed E-state index contributed by atoms with van der Waals surface area (Å²) < 4.78 is 5.52. The van der Waals surface area contributed by atoms with Crippen molar-refractivity contribution in [3.8, 4) is 0 Å². The fourth-order valence-electron chi connectivity index (χ4n) is 14.2. The topological polar surface area (TPSA) is 95.9 Å². The van der Waals surface area contributed by atoms with Crippen LogP contribution in [0.1, 0.15) is 502 Å². The first kappa shape index (κ1) is 94.1. The molecule has 0 radical (unpaired) electrons. The number of ether oxygens (including phenoxy) is 1. The molecule has 0 saturated carbocycles. The number of hydrogen-bond acceptors (Lipinski definition) is 5. The van der Waals surface area contributed by atoms with Crippen LogP contribution in [-0.4, -0.2) is 47.4 Å². The number of amides is 1. The van der Waals surface area contributed by atoms with Crippen LogP contribution in [0.15, 0.2) is 36.5 Å². The number of carbonyl (C=O) groups excluding carboxylic acids is 2. The number of allylic oxidation sites excluding steroid dienone is 5. The monoisotopic (exact) mass is 1350 g/mol. The van der Waals surface area contributed by atoms with Crippen LogP contribution in [0.3, 0.4) is 0 Å². The highest BCUT2D eigenvalue weighted by atomic mass is 16.5. The molecule has 96 heavy (non-hydrogen) atoms. The smallest absolute Gasteiger partial charge is 0.305 e. The molecule has 0 aromatic heterocycles. The predicted octanol–water partition coefficient (Wildman–Crippen LogP) is 29.7. The minimum atomic E-state index is -0.843. The van der Waals surface area contributed by atoms with Crippen molar-refractivity contribution < 1.29 is 24.5 Å². The first-order valence-electron chi connectivity index (χ1n) is 44.3. The Kier molecular flexibility index (Phi) is 83.8. The van der Waals surface area contributed by atoms with E-state index in [4.69, 9.17) is 4.74 Å². The molecule has 6 heteroatoms. The van der Waals surface area contributed by atoms with Crippen LogP contribution in [0.4, 0.5) is 0 Å². The molecule has 0 fully saturated rings.